The number of hydrogen-bond acceptors (Lipinski definition) is 1. The number of halogens is 7. The molecule has 0 aliphatic rings. The summed E-state index contributed by atoms with van der Waals surface area (Å²) in [5.41, 5.74) is 13.1. The molecule has 0 saturated heterocycles. The second kappa shape index (κ2) is 31.9. The first-order valence-corrected chi connectivity index (χ1v) is 41.4. The van der Waals surface area contributed by atoms with E-state index in [2.05, 4.69) is 228 Å². The van der Waals surface area contributed by atoms with Gasteiger partial charge >= 0.3 is 120 Å². The van der Waals surface area contributed by atoms with Gasteiger partial charge in [-0.15, -0.1) is 0 Å². The normalized spacial score (nSPS) is 9.96. The topological polar surface area (TPSA) is 28.1 Å². The van der Waals surface area contributed by atoms with Crippen molar-refractivity contribution in [1.29, 1.82) is 5.39 Å². The molecule has 0 bridgehead atoms. The number of rotatable bonds is 12. The van der Waals surface area contributed by atoms with Gasteiger partial charge in [-0.25, -0.2) is 0 Å². The molecule has 11 heteroatoms. The third-order valence-corrected chi connectivity index (χ3v) is 9.23. The van der Waals surface area contributed by atoms with Crippen molar-refractivity contribution in [2.45, 2.75) is 65.2 Å². The van der Waals surface area contributed by atoms with Crippen molar-refractivity contribution < 1.29 is 26.8 Å². The van der Waals surface area contributed by atoms with Gasteiger partial charge in [-0.2, -0.15) is 0 Å². The first-order chi connectivity index (χ1) is 27.2. The zero-order valence-electron chi connectivity index (χ0n) is 31.9. The standard InChI is InChI=1S/C23H23Cl.C23H23N2.ClH.5HI.2V/c1-2-3-4-5-18-6-8-19(9-7-18)20-10-12-21(13-11-20)22-14-16-23(24)17-15-22;1-2-3-4-5-18-6-8-19(9-7-18)20-10-12-21(13-11-20)22-14-16-23(25-24)17-15-22;;;;;;;;/h6-17H,2-5H2,1H3;6-17H,2-5H2,1H3;6*1H;;/q;+1;;;;;;;+2;+3/p-6. The molecule has 6 rings (SSSR count). The fourth-order valence-electron chi connectivity index (χ4n) is 5.96. The number of unbranched alkanes of at least 4 members (excludes halogenated alkanes) is 4. The van der Waals surface area contributed by atoms with Gasteiger partial charge < -0.3 is 12.4 Å². The zero-order chi connectivity index (χ0) is 40.5. The van der Waals surface area contributed by atoms with Gasteiger partial charge in [0.2, 0.25) is 5.39 Å². The molecule has 0 saturated carbocycles. The third kappa shape index (κ3) is 21.2. The average Bonchev–Trinajstić information content (AvgIpc) is 3.22. The molecule has 0 heterocycles. The van der Waals surface area contributed by atoms with E-state index in [0.717, 1.165) is 16.1 Å². The Morgan fingerprint density at radius 3 is 0.947 bits per heavy atom. The first kappa shape index (κ1) is 53.3. The van der Waals surface area contributed by atoms with E-state index in [9.17, 15) is 0 Å². The minimum atomic E-state index is -0.278. The van der Waals surface area contributed by atoms with E-state index in [4.69, 9.17) is 17.0 Å². The van der Waals surface area contributed by atoms with Crippen LogP contribution in [0, 0.1) is 5.39 Å². The van der Waals surface area contributed by atoms with Gasteiger partial charge in [0.25, 0.3) is 0 Å². The molecule has 57 heavy (non-hydrogen) atoms. The van der Waals surface area contributed by atoms with Crippen LogP contribution in [0.1, 0.15) is 63.5 Å². The number of nitrogens with zero attached hydrogens (tertiary/aromatic N) is 2. The molecule has 6 aromatic rings. The van der Waals surface area contributed by atoms with Crippen LogP contribution in [0.4, 0.5) is 5.69 Å². The maximum atomic E-state index is 8.77. The Bertz CT molecular complexity index is 1990. The summed E-state index contributed by atoms with van der Waals surface area (Å²) >= 11 is 18.1. The van der Waals surface area contributed by atoms with Crippen molar-refractivity contribution in [1.82, 2.24) is 0 Å². The summed E-state index contributed by atoms with van der Waals surface area (Å²) in [6.45, 7) is 4.49. The summed E-state index contributed by atoms with van der Waals surface area (Å²) < 4.78 is 0. The van der Waals surface area contributed by atoms with Gasteiger partial charge in [-0.3, -0.25) is 0 Å². The predicted octanol–water partition coefficient (Wildman–Crippen LogP) is 16.1. The van der Waals surface area contributed by atoms with Crippen LogP contribution < -0.4 is 12.4 Å². The Morgan fingerprint density at radius 2 is 0.702 bits per heavy atom. The van der Waals surface area contributed by atoms with Crippen LogP contribution in [0.25, 0.3) is 49.5 Å². The maximum absolute atomic E-state index is 8.77. The van der Waals surface area contributed by atoms with Crippen molar-refractivity contribution in [3.05, 3.63) is 167 Å². The SMILES string of the molecule is CCCCCc1ccc(-c2ccc(-c3ccc(Cl)cc3)cc2)cc1.CCCCCc1ccc(-c2ccc(-c3ccc([N+]#N)cc3)cc2)cc1.[Cl-].[I][V]([I])[I].[I][V][I]. The van der Waals surface area contributed by atoms with E-state index in [1.807, 2.05) is 24.3 Å². The number of diazo groups is 1. The van der Waals surface area contributed by atoms with E-state index in [-0.39, 0.29) is 17.3 Å². The molecule has 0 radical (unpaired) electrons. The Morgan fingerprint density at radius 1 is 0.474 bits per heavy atom. The number of benzene rings is 6. The number of aryl methyl sites for hydroxylation is 2. The van der Waals surface area contributed by atoms with Gasteiger partial charge in [0, 0.05) is 17.2 Å². The van der Waals surface area contributed by atoms with Gasteiger partial charge in [0.05, 0.1) is 0 Å². The average molecular weight is 1430 g/mol. The number of hydrogen-bond donors (Lipinski definition) is 0. The molecule has 0 spiro atoms. The molecule has 0 aliphatic heterocycles. The van der Waals surface area contributed by atoms with Crippen LogP contribution in [0.3, 0.4) is 0 Å². The van der Waals surface area contributed by atoms with Crippen LogP contribution in [0.5, 0.6) is 0 Å². The van der Waals surface area contributed by atoms with E-state index in [0.29, 0.717) is 15.2 Å². The van der Waals surface area contributed by atoms with Crippen LogP contribution in [-0.2, 0) is 27.2 Å². The molecule has 0 atom stereocenters. The van der Waals surface area contributed by atoms with Crippen LogP contribution in [0.15, 0.2) is 146 Å². The molecule has 2 nitrogen and oxygen atoms in total. The fourth-order valence-corrected chi connectivity index (χ4v) is 6.09. The van der Waals surface area contributed by atoms with E-state index >= 15 is 0 Å². The second-order valence-electron chi connectivity index (χ2n) is 12.9. The Kier molecular flexibility index (Phi) is 29.8. The molecular formula is C46H46Cl2I5N2V2. The first-order valence-electron chi connectivity index (χ1n) is 18.5. The summed E-state index contributed by atoms with van der Waals surface area (Å²) in [6, 6.07) is 50.8. The molecule has 0 N–H and O–H groups in total. The molecule has 0 aromatic heterocycles. The van der Waals surface area contributed by atoms with Crippen molar-refractivity contribution in [3.63, 3.8) is 0 Å². The van der Waals surface area contributed by atoms with Gasteiger partial charge in [-0.05, 0) is 106 Å². The third-order valence-electron chi connectivity index (χ3n) is 8.98. The minimum absolute atomic E-state index is 0. The summed E-state index contributed by atoms with van der Waals surface area (Å²) in [5.74, 6) is 0. The Balaban J connectivity index is 0.000000334. The van der Waals surface area contributed by atoms with Crippen LogP contribution >= 0.6 is 111 Å². The molecule has 0 fully saturated rings. The molecule has 6 aromatic carbocycles. The van der Waals surface area contributed by atoms with Crippen LogP contribution in [0.2, 0.25) is 5.02 Å². The van der Waals surface area contributed by atoms with E-state index in [1.54, 1.807) is 12.1 Å². The molecule has 0 amide bonds. The summed E-state index contributed by atoms with van der Waals surface area (Å²) in [6.07, 6.45) is 10.1. The van der Waals surface area contributed by atoms with Crippen LogP contribution in [-0.4, -0.2) is 0 Å². The molecule has 299 valence electrons. The zero-order valence-corrected chi connectivity index (χ0v) is 47.0. The summed E-state index contributed by atoms with van der Waals surface area (Å²) in [7, 11) is 0.628. The van der Waals surface area contributed by atoms with E-state index < -0.39 is 0 Å². The molecular weight excluding hydrogens is 1390 g/mol. The predicted molar refractivity (Wildman–Crippen MR) is 281 cm³/mol. The monoisotopic (exact) mass is 1430 g/mol. The summed E-state index contributed by atoms with van der Waals surface area (Å²) in [5, 5.41) is 9.54. The van der Waals surface area contributed by atoms with E-state index in [1.165, 1.54) is 95.9 Å². The van der Waals surface area contributed by atoms with Gasteiger partial charge in [-0.1, -0.05) is 160 Å². The second-order valence-corrected chi connectivity index (χ2v) is 60.5. The fraction of sp³-hybridized carbons (Fsp3) is 0.217. The van der Waals surface area contributed by atoms with Crippen molar-refractivity contribution in [2.24, 2.45) is 0 Å². The Labute approximate surface area is 419 Å². The quantitative estimate of drug-likeness (QED) is 0.0682. The summed E-state index contributed by atoms with van der Waals surface area (Å²) in [4.78, 5) is 2.91. The molecule has 0 unspecified atom stereocenters. The van der Waals surface area contributed by atoms with Crippen molar-refractivity contribution >= 4 is 117 Å². The Hall–Kier alpha value is 0.139. The van der Waals surface area contributed by atoms with Crippen molar-refractivity contribution in [3.8, 4) is 44.5 Å². The van der Waals surface area contributed by atoms with Gasteiger partial charge in [0.15, 0.2) is 4.98 Å². The van der Waals surface area contributed by atoms with Gasteiger partial charge in [0.1, 0.15) is 0 Å². The molecule has 0 aliphatic carbocycles. The van der Waals surface area contributed by atoms with Crippen molar-refractivity contribution in [2.75, 3.05) is 0 Å².